The van der Waals surface area contributed by atoms with Crippen LogP contribution < -0.4 is 0 Å². The standard InChI is InChI=1S/C7H6S2.C2H6/c1-5-4-7-6(9-5)2-3-8-7;1-2/h2-4H,1H3;1-2H3. The van der Waals surface area contributed by atoms with E-state index in [1.807, 2.05) is 36.5 Å². The molecule has 0 aliphatic carbocycles. The molecule has 2 rings (SSSR count). The molecule has 0 bridgehead atoms. The first-order chi connectivity index (χ1) is 5.36. The molecule has 0 radical (unpaired) electrons. The van der Waals surface area contributed by atoms with Crippen LogP contribution in [-0.2, 0) is 0 Å². The van der Waals surface area contributed by atoms with E-state index in [9.17, 15) is 0 Å². The number of hydrogen-bond donors (Lipinski definition) is 0. The van der Waals surface area contributed by atoms with E-state index in [-0.39, 0.29) is 0 Å². The third-order valence-corrected chi connectivity index (χ3v) is 3.27. The Balaban J connectivity index is 0.000000281. The third-order valence-electron chi connectivity index (χ3n) is 1.26. The fourth-order valence-electron chi connectivity index (χ4n) is 0.886. The summed E-state index contributed by atoms with van der Waals surface area (Å²) in [5.74, 6) is 0. The second kappa shape index (κ2) is 3.88. The van der Waals surface area contributed by atoms with Crippen LogP contribution >= 0.6 is 22.7 Å². The molecule has 0 aromatic carbocycles. The Kier molecular flexibility index (Phi) is 3.09. The average Bonchev–Trinajstić information content (AvgIpc) is 2.51. The van der Waals surface area contributed by atoms with Gasteiger partial charge in [0.2, 0.25) is 0 Å². The maximum absolute atomic E-state index is 2.24. The summed E-state index contributed by atoms with van der Waals surface area (Å²) in [5.41, 5.74) is 0. The maximum atomic E-state index is 2.24. The fraction of sp³-hybridized carbons (Fsp3) is 0.333. The van der Waals surface area contributed by atoms with E-state index >= 15 is 0 Å². The van der Waals surface area contributed by atoms with Crippen molar-refractivity contribution in [1.29, 1.82) is 0 Å². The molecule has 0 nitrogen and oxygen atoms in total. The van der Waals surface area contributed by atoms with E-state index in [1.54, 1.807) is 0 Å². The van der Waals surface area contributed by atoms with Crippen molar-refractivity contribution in [3.05, 3.63) is 22.4 Å². The van der Waals surface area contributed by atoms with Crippen LogP contribution in [0.4, 0.5) is 0 Å². The molecule has 2 heteroatoms. The first kappa shape index (κ1) is 8.75. The predicted octanol–water partition coefficient (Wildman–Crippen LogP) is 4.30. The van der Waals surface area contributed by atoms with E-state index in [1.165, 1.54) is 14.3 Å². The van der Waals surface area contributed by atoms with Gasteiger partial charge in [0.05, 0.1) is 0 Å². The summed E-state index contributed by atoms with van der Waals surface area (Å²) in [5, 5.41) is 2.14. The Hall–Kier alpha value is -0.340. The maximum Gasteiger partial charge on any atom is 0.0453 e. The van der Waals surface area contributed by atoms with Crippen LogP contribution in [0.5, 0.6) is 0 Å². The van der Waals surface area contributed by atoms with Crippen molar-refractivity contribution in [2.75, 3.05) is 0 Å². The van der Waals surface area contributed by atoms with Gasteiger partial charge in [-0.1, -0.05) is 13.8 Å². The SMILES string of the molecule is CC.Cc1cc2sccc2s1. The zero-order valence-electron chi connectivity index (χ0n) is 7.05. The molecule has 0 saturated heterocycles. The number of aryl methyl sites for hydroxylation is 1. The molecule has 0 aliphatic heterocycles. The summed E-state index contributed by atoms with van der Waals surface area (Å²) >= 11 is 3.69. The van der Waals surface area contributed by atoms with Crippen molar-refractivity contribution in [3.8, 4) is 0 Å². The highest BCUT2D eigenvalue weighted by Gasteiger charge is 1.96. The van der Waals surface area contributed by atoms with Gasteiger partial charge in [0.1, 0.15) is 0 Å². The minimum Gasteiger partial charge on any atom is -0.143 e. The van der Waals surface area contributed by atoms with Crippen molar-refractivity contribution in [1.82, 2.24) is 0 Å². The molecule has 0 atom stereocenters. The lowest BCUT2D eigenvalue weighted by atomic mass is 10.5. The minimum absolute atomic E-state index is 1.41. The van der Waals surface area contributed by atoms with E-state index < -0.39 is 0 Å². The van der Waals surface area contributed by atoms with Gasteiger partial charge < -0.3 is 0 Å². The second-order valence-electron chi connectivity index (χ2n) is 2.01. The van der Waals surface area contributed by atoms with Crippen molar-refractivity contribution in [3.63, 3.8) is 0 Å². The lowest BCUT2D eigenvalue weighted by molar-refractivity contribution is 1.50. The highest BCUT2D eigenvalue weighted by Crippen LogP contribution is 2.28. The van der Waals surface area contributed by atoms with Gasteiger partial charge in [-0.15, -0.1) is 22.7 Å². The summed E-state index contributed by atoms with van der Waals surface area (Å²) in [7, 11) is 0. The van der Waals surface area contributed by atoms with Crippen LogP contribution in [0.1, 0.15) is 18.7 Å². The molecular weight excluding hydrogens is 172 g/mol. The molecule has 0 amide bonds. The van der Waals surface area contributed by atoms with Crippen LogP contribution in [0, 0.1) is 6.92 Å². The van der Waals surface area contributed by atoms with Crippen molar-refractivity contribution >= 4 is 32.1 Å². The van der Waals surface area contributed by atoms with Gasteiger partial charge in [-0.3, -0.25) is 0 Å². The van der Waals surface area contributed by atoms with Gasteiger partial charge in [-0.2, -0.15) is 0 Å². The monoisotopic (exact) mass is 184 g/mol. The van der Waals surface area contributed by atoms with Gasteiger partial charge in [0.15, 0.2) is 0 Å². The Morgan fingerprint density at radius 3 is 2.55 bits per heavy atom. The van der Waals surface area contributed by atoms with Crippen molar-refractivity contribution in [2.45, 2.75) is 20.8 Å². The minimum atomic E-state index is 1.41. The summed E-state index contributed by atoms with van der Waals surface area (Å²) in [4.78, 5) is 1.41. The zero-order chi connectivity index (χ0) is 8.27. The van der Waals surface area contributed by atoms with E-state index in [4.69, 9.17) is 0 Å². The number of hydrogen-bond acceptors (Lipinski definition) is 2. The Bertz CT molecular complexity index is 288. The highest BCUT2D eigenvalue weighted by molar-refractivity contribution is 7.26. The number of thiophene rings is 2. The third kappa shape index (κ3) is 1.82. The summed E-state index contributed by atoms with van der Waals surface area (Å²) < 4.78 is 2.86. The van der Waals surface area contributed by atoms with Crippen molar-refractivity contribution in [2.24, 2.45) is 0 Å². The van der Waals surface area contributed by atoms with Gasteiger partial charge in [0, 0.05) is 14.3 Å². The van der Waals surface area contributed by atoms with Crippen molar-refractivity contribution < 1.29 is 0 Å². The molecule has 0 spiro atoms. The van der Waals surface area contributed by atoms with E-state index in [0.717, 1.165) is 0 Å². The van der Waals surface area contributed by atoms with Gasteiger partial charge in [0.25, 0.3) is 0 Å². The molecule has 0 saturated carbocycles. The topological polar surface area (TPSA) is 0 Å². The predicted molar refractivity (Wildman–Crippen MR) is 55.8 cm³/mol. The first-order valence-electron chi connectivity index (χ1n) is 3.80. The summed E-state index contributed by atoms with van der Waals surface area (Å²) in [6.45, 7) is 6.15. The van der Waals surface area contributed by atoms with Crippen LogP contribution in [-0.4, -0.2) is 0 Å². The summed E-state index contributed by atoms with van der Waals surface area (Å²) in [6, 6.07) is 4.42. The van der Waals surface area contributed by atoms with E-state index in [0.29, 0.717) is 0 Å². The average molecular weight is 184 g/mol. The molecule has 2 heterocycles. The molecule has 60 valence electrons. The Morgan fingerprint density at radius 2 is 1.91 bits per heavy atom. The lowest BCUT2D eigenvalue weighted by Crippen LogP contribution is -1.45. The molecule has 0 unspecified atom stereocenters. The lowest BCUT2D eigenvalue weighted by Gasteiger charge is -1.69. The molecular formula is C9H12S2. The molecule has 2 aromatic rings. The van der Waals surface area contributed by atoms with E-state index in [2.05, 4.69) is 24.4 Å². The first-order valence-corrected chi connectivity index (χ1v) is 5.49. The second-order valence-corrected chi connectivity index (χ2v) is 4.24. The highest BCUT2D eigenvalue weighted by atomic mass is 32.1. The van der Waals surface area contributed by atoms with Gasteiger partial charge in [-0.25, -0.2) is 0 Å². The molecule has 0 N–H and O–H groups in total. The van der Waals surface area contributed by atoms with Gasteiger partial charge in [-0.05, 0) is 24.4 Å². The Morgan fingerprint density at radius 1 is 1.18 bits per heavy atom. The molecule has 2 aromatic heterocycles. The van der Waals surface area contributed by atoms with Crippen LogP contribution in [0.25, 0.3) is 9.40 Å². The number of rotatable bonds is 0. The Labute approximate surface area is 75.5 Å². The van der Waals surface area contributed by atoms with Crippen LogP contribution in [0.2, 0.25) is 0 Å². The largest absolute Gasteiger partial charge is 0.143 e. The fourth-order valence-corrected chi connectivity index (χ4v) is 2.92. The van der Waals surface area contributed by atoms with Crippen LogP contribution in [0.15, 0.2) is 17.5 Å². The normalized spacial score (nSPS) is 9.36. The van der Waals surface area contributed by atoms with Crippen LogP contribution in [0.3, 0.4) is 0 Å². The summed E-state index contributed by atoms with van der Waals surface area (Å²) in [6.07, 6.45) is 0. The van der Waals surface area contributed by atoms with Gasteiger partial charge >= 0.3 is 0 Å². The zero-order valence-corrected chi connectivity index (χ0v) is 8.68. The smallest absolute Gasteiger partial charge is 0.0453 e. The quantitative estimate of drug-likeness (QED) is 0.572. The number of fused-ring (bicyclic) bond motifs is 1. The molecule has 0 fully saturated rings. The molecule has 0 aliphatic rings. The molecule has 11 heavy (non-hydrogen) atoms.